The molecule has 0 aliphatic heterocycles. The first-order valence-electron chi connectivity index (χ1n) is 4.42. The van der Waals surface area contributed by atoms with E-state index in [2.05, 4.69) is 10.0 Å². The van der Waals surface area contributed by atoms with Gasteiger partial charge in [-0.05, 0) is 24.3 Å². The molecule has 0 saturated heterocycles. The average Bonchev–Trinajstić information content (AvgIpc) is 2.20. The van der Waals surface area contributed by atoms with Crippen LogP contribution >= 0.6 is 0 Å². The molecule has 5 nitrogen and oxygen atoms in total. The summed E-state index contributed by atoms with van der Waals surface area (Å²) in [6, 6.07) is 6.43. The highest BCUT2D eigenvalue weighted by atomic mass is 32.2. The molecular formula is C9H12N2O3S. The fraction of sp³-hybridized carbons (Fsp3) is 0.222. The molecule has 2 N–H and O–H groups in total. The van der Waals surface area contributed by atoms with Crippen LogP contribution in [-0.2, 0) is 15.7 Å². The molecule has 6 heteroatoms. The van der Waals surface area contributed by atoms with Crippen molar-refractivity contribution in [3.05, 3.63) is 24.3 Å². The van der Waals surface area contributed by atoms with Gasteiger partial charge in [0.25, 0.3) is 0 Å². The fourth-order valence-corrected chi connectivity index (χ4v) is 1.34. The first-order chi connectivity index (χ1) is 7.11. The Bertz CT molecular complexity index is 404. The van der Waals surface area contributed by atoms with E-state index in [1.54, 1.807) is 31.2 Å². The molecule has 0 bridgehead atoms. The van der Waals surface area contributed by atoms with Gasteiger partial charge in [0, 0.05) is 17.8 Å². The Hall–Kier alpha value is -1.56. The highest BCUT2D eigenvalue weighted by Gasteiger charge is 1.98. The first-order valence-corrected chi connectivity index (χ1v) is 5.60. The van der Waals surface area contributed by atoms with Crippen LogP contribution in [0.5, 0.6) is 0 Å². The van der Waals surface area contributed by atoms with Crippen molar-refractivity contribution in [3.63, 3.8) is 0 Å². The number of amides is 1. The molecule has 0 aromatic heterocycles. The normalized spacial score (nSPS) is 10.0. The van der Waals surface area contributed by atoms with Gasteiger partial charge in [-0.3, -0.25) is 9.52 Å². The predicted octanol–water partition coefficient (Wildman–Crippen LogP) is 0.973. The van der Waals surface area contributed by atoms with Gasteiger partial charge < -0.3 is 5.32 Å². The van der Waals surface area contributed by atoms with E-state index in [4.69, 9.17) is 0 Å². The Labute approximate surface area is 89.6 Å². The fourth-order valence-electron chi connectivity index (χ4n) is 0.983. The highest BCUT2D eigenvalue weighted by molar-refractivity contribution is 7.73. The van der Waals surface area contributed by atoms with Crippen LogP contribution in [0.2, 0.25) is 0 Å². The van der Waals surface area contributed by atoms with Crippen molar-refractivity contribution in [3.8, 4) is 0 Å². The van der Waals surface area contributed by atoms with Crippen molar-refractivity contribution in [2.75, 3.05) is 10.0 Å². The van der Waals surface area contributed by atoms with Crippen molar-refractivity contribution in [2.24, 2.45) is 0 Å². The van der Waals surface area contributed by atoms with Crippen LogP contribution in [0.4, 0.5) is 11.4 Å². The van der Waals surface area contributed by atoms with Crippen LogP contribution < -0.4 is 10.0 Å². The van der Waals surface area contributed by atoms with Crippen molar-refractivity contribution in [2.45, 2.75) is 13.3 Å². The largest absolute Gasteiger partial charge is 0.326 e. The summed E-state index contributed by atoms with van der Waals surface area (Å²) in [5.41, 5.74) is 1.12. The van der Waals surface area contributed by atoms with Gasteiger partial charge >= 0.3 is 0 Å². The summed E-state index contributed by atoms with van der Waals surface area (Å²) in [4.78, 5) is 11.0. The molecule has 0 saturated carbocycles. The summed E-state index contributed by atoms with van der Waals surface area (Å²) in [5, 5.41) is 2.65. The van der Waals surface area contributed by atoms with Crippen LogP contribution in [-0.4, -0.2) is 14.3 Å². The summed E-state index contributed by atoms with van der Waals surface area (Å²) < 4.78 is 22.9. The lowest BCUT2D eigenvalue weighted by molar-refractivity contribution is -0.115. The number of carbonyl (C=O) groups is 1. The zero-order valence-corrected chi connectivity index (χ0v) is 9.08. The van der Waals surface area contributed by atoms with Gasteiger partial charge in [0.2, 0.25) is 16.8 Å². The SMILES string of the molecule is CCC(=O)Nc1ccc(N[SH](=O)=O)cc1. The molecule has 0 fully saturated rings. The second kappa shape index (κ2) is 5.35. The third-order valence-electron chi connectivity index (χ3n) is 1.71. The van der Waals surface area contributed by atoms with E-state index in [-0.39, 0.29) is 5.91 Å². The van der Waals surface area contributed by atoms with Crippen molar-refractivity contribution in [1.29, 1.82) is 0 Å². The van der Waals surface area contributed by atoms with Crippen LogP contribution in [0.15, 0.2) is 24.3 Å². The van der Waals surface area contributed by atoms with Gasteiger partial charge in [-0.25, -0.2) is 8.42 Å². The van der Waals surface area contributed by atoms with Crippen LogP contribution in [0, 0.1) is 0 Å². The quantitative estimate of drug-likeness (QED) is 0.672. The molecule has 1 aromatic rings. The highest BCUT2D eigenvalue weighted by Crippen LogP contribution is 2.13. The second-order valence-electron chi connectivity index (χ2n) is 2.85. The van der Waals surface area contributed by atoms with E-state index in [1.807, 2.05) is 0 Å². The van der Waals surface area contributed by atoms with Gasteiger partial charge in [0.05, 0.1) is 0 Å². The number of nitrogens with one attached hydrogen (secondary N) is 2. The monoisotopic (exact) mass is 228 g/mol. The molecule has 0 radical (unpaired) electrons. The first kappa shape index (κ1) is 11.5. The molecule has 0 heterocycles. The molecule has 1 aromatic carbocycles. The maximum absolute atomic E-state index is 11.0. The van der Waals surface area contributed by atoms with Crippen LogP contribution in [0.3, 0.4) is 0 Å². The Morgan fingerprint density at radius 2 is 1.73 bits per heavy atom. The minimum atomic E-state index is -2.64. The van der Waals surface area contributed by atoms with E-state index >= 15 is 0 Å². The summed E-state index contributed by atoms with van der Waals surface area (Å²) in [6.45, 7) is 1.76. The number of thiol groups is 1. The van der Waals surface area contributed by atoms with Gasteiger partial charge in [-0.1, -0.05) is 6.92 Å². The Balaban J connectivity index is 2.67. The number of anilines is 2. The minimum absolute atomic E-state index is 0.0781. The lowest BCUT2D eigenvalue weighted by atomic mass is 10.3. The molecular weight excluding hydrogens is 216 g/mol. The number of hydrogen-bond acceptors (Lipinski definition) is 3. The van der Waals surface area contributed by atoms with Crippen LogP contribution in [0.25, 0.3) is 0 Å². The van der Waals surface area contributed by atoms with Gasteiger partial charge in [0.15, 0.2) is 0 Å². The zero-order valence-electron chi connectivity index (χ0n) is 8.19. The summed E-state index contributed by atoms with van der Waals surface area (Å²) in [7, 11) is -2.64. The number of benzene rings is 1. The average molecular weight is 228 g/mol. The van der Waals surface area contributed by atoms with Crippen molar-refractivity contribution < 1.29 is 13.2 Å². The molecule has 0 atom stereocenters. The molecule has 15 heavy (non-hydrogen) atoms. The van der Waals surface area contributed by atoms with Gasteiger partial charge in [-0.2, -0.15) is 0 Å². The van der Waals surface area contributed by atoms with Crippen LogP contribution in [0.1, 0.15) is 13.3 Å². The van der Waals surface area contributed by atoms with E-state index < -0.39 is 10.9 Å². The molecule has 0 spiro atoms. The van der Waals surface area contributed by atoms with Crippen molar-refractivity contribution >= 4 is 28.2 Å². The maximum atomic E-state index is 11.0. The summed E-state index contributed by atoms with van der Waals surface area (Å²) in [5.74, 6) is -0.0781. The summed E-state index contributed by atoms with van der Waals surface area (Å²) in [6.07, 6.45) is 0.409. The Morgan fingerprint density at radius 1 is 1.20 bits per heavy atom. The molecule has 0 unspecified atom stereocenters. The molecule has 1 amide bonds. The van der Waals surface area contributed by atoms with E-state index in [9.17, 15) is 13.2 Å². The number of rotatable bonds is 4. The topological polar surface area (TPSA) is 75.3 Å². The number of carbonyl (C=O) groups excluding carboxylic acids is 1. The van der Waals surface area contributed by atoms with E-state index in [0.29, 0.717) is 17.8 Å². The Morgan fingerprint density at radius 3 is 2.20 bits per heavy atom. The lowest BCUT2D eigenvalue weighted by Crippen LogP contribution is -2.09. The molecule has 0 aliphatic carbocycles. The van der Waals surface area contributed by atoms with Crippen molar-refractivity contribution in [1.82, 2.24) is 0 Å². The van der Waals surface area contributed by atoms with Gasteiger partial charge in [-0.15, -0.1) is 0 Å². The lowest BCUT2D eigenvalue weighted by Gasteiger charge is -2.04. The molecule has 82 valence electrons. The maximum Gasteiger partial charge on any atom is 0.224 e. The zero-order chi connectivity index (χ0) is 11.3. The van der Waals surface area contributed by atoms with E-state index in [0.717, 1.165) is 0 Å². The van der Waals surface area contributed by atoms with E-state index in [1.165, 1.54) is 0 Å². The molecule has 0 aliphatic rings. The second-order valence-corrected chi connectivity index (χ2v) is 3.59. The summed E-state index contributed by atoms with van der Waals surface area (Å²) >= 11 is 0. The Kier molecular flexibility index (Phi) is 4.11. The van der Waals surface area contributed by atoms with Gasteiger partial charge in [0.1, 0.15) is 0 Å². The third kappa shape index (κ3) is 3.99. The predicted molar refractivity (Wildman–Crippen MR) is 59.3 cm³/mol. The standard InChI is InChI=1S/C9H12N2O3S/c1-2-9(12)10-7-3-5-8(6-4-7)11-15(13)14/h3-6,15H,2H2,1H3,(H,10,12)(H,11,13,14). The number of hydrogen-bond donors (Lipinski definition) is 3. The minimum Gasteiger partial charge on any atom is -0.326 e. The third-order valence-corrected chi connectivity index (χ3v) is 2.15. The smallest absolute Gasteiger partial charge is 0.224 e. The molecule has 1 rings (SSSR count).